The second kappa shape index (κ2) is 9.03. The summed E-state index contributed by atoms with van der Waals surface area (Å²) in [4.78, 5) is 22.7. The van der Waals surface area contributed by atoms with Gasteiger partial charge in [0, 0.05) is 25.5 Å². The smallest absolute Gasteiger partial charge is 0.256 e. The number of benzene rings is 1. The van der Waals surface area contributed by atoms with Gasteiger partial charge in [-0.1, -0.05) is 0 Å². The van der Waals surface area contributed by atoms with Gasteiger partial charge in [0.15, 0.2) is 0 Å². The Morgan fingerprint density at radius 1 is 1.08 bits per heavy atom. The summed E-state index contributed by atoms with van der Waals surface area (Å²) in [5, 5.41) is 3.09. The van der Waals surface area contributed by atoms with Crippen LogP contribution in [0.15, 0.2) is 36.7 Å². The van der Waals surface area contributed by atoms with E-state index in [0.29, 0.717) is 24.7 Å². The van der Waals surface area contributed by atoms with Crippen molar-refractivity contribution >= 4 is 11.9 Å². The molecule has 2 aromatic rings. The van der Waals surface area contributed by atoms with Crippen LogP contribution in [0.2, 0.25) is 0 Å². The second-order valence-electron chi connectivity index (χ2n) is 6.10. The van der Waals surface area contributed by atoms with E-state index in [0.717, 1.165) is 37.4 Å². The van der Waals surface area contributed by atoms with Gasteiger partial charge in [0.1, 0.15) is 18.1 Å². The first-order valence-electron chi connectivity index (χ1n) is 8.88. The number of amides is 1. The number of hydrogen-bond acceptors (Lipinski definition) is 6. The van der Waals surface area contributed by atoms with Gasteiger partial charge in [0.05, 0.1) is 19.2 Å². The number of carbonyl (C=O) groups is 1. The summed E-state index contributed by atoms with van der Waals surface area (Å²) in [7, 11) is 1.63. The minimum Gasteiger partial charge on any atom is -0.497 e. The van der Waals surface area contributed by atoms with Gasteiger partial charge in [-0.2, -0.15) is 0 Å². The molecule has 0 atom stereocenters. The van der Waals surface area contributed by atoms with Crippen molar-refractivity contribution in [1.82, 2.24) is 14.9 Å². The highest BCUT2D eigenvalue weighted by Gasteiger charge is 2.18. The number of methoxy groups -OCH3 is 1. The predicted molar refractivity (Wildman–Crippen MR) is 98.8 cm³/mol. The molecule has 3 rings (SSSR count). The summed E-state index contributed by atoms with van der Waals surface area (Å²) in [6, 6.07) is 7.42. The molecule has 1 amide bonds. The summed E-state index contributed by atoms with van der Waals surface area (Å²) >= 11 is 0. The number of rotatable bonds is 7. The van der Waals surface area contributed by atoms with Crippen LogP contribution in [0.3, 0.4) is 0 Å². The minimum atomic E-state index is 0.0130. The fraction of sp³-hybridized carbons (Fsp3) is 0.421. The average molecular weight is 356 g/mol. The van der Waals surface area contributed by atoms with Crippen molar-refractivity contribution in [1.29, 1.82) is 0 Å². The van der Waals surface area contributed by atoms with Gasteiger partial charge in [0.25, 0.3) is 5.91 Å². The third kappa shape index (κ3) is 4.84. The van der Waals surface area contributed by atoms with Crippen LogP contribution in [0, 0.1) is 0 Å². The van der Waals surface area contributed by atoms with E-state index in [2.05, 4.69) is 15.3 Å². The normalized spacial score (nSPS) is 14.0. The molecule has 7 heteroatoms. The van der Waals surface area contributed by atoms with E-state index in [4.69, 9.17) is 9.47 Å². The summed E-state index contributed by atoms with van der Waals surface area (Å²) < 4.78 is 10.7. The maximum absolute atomic E-state index is 12.4. The topological polar surface area (TPSA) is 76.6 Å². The number of nitrogens with zero attached hydrogens (tertiary/aromatic N) is 3. The average Bonchev–Trinajstić information content (AvgIpc) is 2.72. The van der Waals surface area contributed by atoms with Crippen LogP contribution >= 0.6 is 0 Å². The molecule has 1 aliphatic heterocycles. The van der Waals surface area contributed by atoms with Crippen LogP contribution in [0.25, 0.3) is 0 Å². The molecule has 1 saturated heterocycles. The molecule has 1 fully saturated rings. The van der Waals surface area contributed by atoms with E-state index in [1.165, 1.54) is 6.42 Å². The van der Waals surface area contributed by atoms with Crippen molar-refractivity contribution in [3.05, 3.63) is 42.2 Å². The van der Waals surface area contributed by atoms with Crippen LogP contribution in [-0.4, -0.2) is 54.1 Å². The van der Waals surface area contributed by atoms with Gasteiger partial charge in [-0.3, -0.25) is 4.79 Å². The number of nitrogens with one attached hydrogen (secondary N) is 1. The summed E-state index contributed by atoms with van der Waals surface area (Å²) in [5.74, 6) is 2.07. The van der Waals surface area contributed by atoms with Gasteiger partial charge in [-0.25, -0.2) is 9.97 Å². The molecule has 0 unspecified atom stereocenters. The Morgan fingerprint density at radius 3 is 2.38 bits per heavy atom. The number of ether oxygens (including phenoxy) is 2. The molecule has 26 heavy (non-hydrogen) atoms. The van der Waals surface area contributed by atoms with Gasteiger partial charge < -0.3 is 19.7 Å². The van der Waals surface area contributed by atoms with Gasteiger partial charge in [0.2, 0.25) is 5.95 Å². The van der Waals surface area contributed by atoms with Gasteiger partial charge in [-0.15, -0.1) is 0 Å². The van der Waals surface area contributed by atoms with Crippen molar-refractivity contribution in [2.45, 2.75) is 19.3 Å². The number of anilines is 1. The Bertz CT molecular complexity index is 698. The number of aromatic nitrogens is 2. The second-order valence-corrected chi connectivity index (χ2v) is 6.10. The largest absolute Gasteiger partial charge is 0.497 e. The lowest BCUT2D eigenvalue weighted by Crippen LogP contribution is -2.35. The molecule has 1 N–H and O–H groups in total. The number of carbonyl (C=O) groups excluding carboxylic acids is 1. The molecule has 0 radical (unpaired) electrons. The Kier molecular flexibility index (Phi) is 6.24. The zero-order chi connectivity index (χ0) is 18.2. The van der Waals surface area contributed by atoms with Crippen molar-refractivity contribution in [2.75, 3.05) is 38.7 Å². The molecule has 0 bridgehead atoms. The van der Waals surface area contributed by atoms with E-state index >= 15 is 0 Å². The van der Waals surface area contributed by atoms with E-state index in [-0.39, 0.29) is 5.91 Å². The maximum atomic E-state index is 12.4. The van der Waals surface area contributed by atoms with Gasteiger partial charge >= 0.3 is 0 Å². The summed E-state index contributed by atoms with van der Waals surface area (Å²) in [6.45, 7) is 2.68. The first-order chi connectivity index (χ1) is 12.8. The Morgan fingerprint density at radius 2 is 1.73 bits per heavy atom. The predicted octanol–water partition coefficient (Wildman–Crippen LogP) is 2.60. The SMILES string of the molecule is COc1ccc(OCCNc2ncc(C(=O)N3CCCCC3)cn2)cc1. The zero-order valence-corrected chi connectivity index (χ0v) is 15.0. The molecule has 7 nitrogen and oxygen atoms in total. The Hall–Kier alpha value is -2.83. The van der Waals surface area contributed by atoms with Crippen LogP contribution in [-0.2, 0) is 0 Å². The molecule has 1 aliphatic rings. The molecule has 2 heterocycles. The van der Waals surface area contributed by atoms with Crippen LogP contribution < -0.4 is 14.8 Å². The molecule has 0 aliphatic carbocycles. The highest BCUT2D eigenvalue weighted by Crippen LogP contribution is 2.17. The lowest BCUT2D eigenvalue weighted by atomic mass is 10.1. The van der Waals surface area contributed by atoms with Crippen LogP contribution in [0.4, 0.5) is 5.95 Å². The quantitative estimate of drug-likeness (QED) is 0.769. The molecule has 0 spiro atoms. The van der Waals surface area contributed by atoms with Crippen molar-refractivity contribution in [3.8, 4) is 11.5 Å². The van der Waals surface area contributed by atoms with Crippen molar-refractivity contribution in [2.24, 2.45) is 0 Å². The molecule has 1 aromatic heterocycles. The van der Waals surface area contributed by atoms with Crippen LogP contribution in [0.5, 0.6) is 11.5 Å². The summed E-state index contributed by atoms with van der Waals surface area (Å²) in [6.07, 6.45) is 6.50. The fourth-order valence-corrected chi connectivity index (χ4v) is 2.81. The van der Waals surface area contributed by atoms with Crippen LogP contribution in [0.1, 0.15) is 29.6 Å². The summed E-state index contributed by atoms with van der Waals surface area (Å²) in [5.41, 5.74) is 0.534. The van der Waals surface area contributed by atoms with Crippen molar-refractivity contribution in [3.63, 3.8) is 0 Å². The van der Waals surface area contributed by atoms with Crippen molar-refractivity contribution < 1.29 is 14.3 Å². The van der Waals surface area contributed by atoms with E-state index < -0.39 is 0 Å². The van der Waals surface area contributed by atoms with E-state index in [9.17, 15) is 4.79 Å². The first kappa shape index (κ1) is 18.0. The minimum absolute atomic E-state index is 0.0130. The molecule has 1 aromatic carbocycles. The van der Waals surface area contributed by atoms with E-state index in [1.807, 2.05) is 29.2 Å². The van der Waals surface area contributed by atoms with Gasteiger partial charge in [-0.05, 0) is 43.5 Å². The number of piperidine rings is 1. The monoisotopic (exact) mass is 356 g/mol. The number of likely N-dealkylation sites (tertiary alicyclic amines) is 1. The highest BCUT2D eigenvalue weighted by atomic mass is 16.5. The Balaban J connectivity index is 1.43. The Labute approximate surface area is 153 Å². The highest BCUT2D eigenvalue weighted by molar-refractivity contribution is 5.93. The number of hydrogen-bond donors (Lipinski definition) is 1. The fourth-order valence-electron chi connectivity index (χ4n) is 2.81. The third-order valence-electron chi connectivity index (χ3n) is 4.26. The molecule has 0 saturated carbocycles. The molecule has 138 valence electrons. The lowest BCUT2D eigenvalue weighted by Gasteiger charge is -2.26. The first-order valence-corrected chi connectivity index (χ1v) is 8.88. The zero-order valence-electron chi connectivity index (χ0n) is 15.0. The molecular formula is C19H24N4O3. The third-order valence-corrected chi connectivity index (χ3v) is 4.26. The van der Waals surface area contributed by atoms with E-state index in [1.54, 1.807) is 19.5 Å². The standard InChI is InChI=1S/C19H24N4O3/c1-25-16-5-7-17(8-6-16)26-12-9-20-19-21-13-15(14-22-19)18(24)23-10-3-2-4-11-23/h5-8,13-14H,2-4,9-12H2,1H3,(H,20,21,22). The molecular weight excluding hydrogens is 332 g/mol. The lowest BCUT2D eigenvalue weighted by molar-refractivity contribution is 0.0723. The maximum Gasteiger partial charge on any atom is 0.256 e.